The average Bonchev–Trinajstić information content (AvgIpc) is 3.27. The Morgan fingerprint density at radius 2 is 1.73 bits per heavy atom. The summed E-state index contributed by atoms with van der Waals surface area (Å²) in [7, 11) is 0. The lowest BCUT2D eigenvalue weighted by Crippen LogP contribution is -2.58. The van der Waals surface area contributed by atoms with Crippen molar-refractivity contribution in [2.24, 2.45) is 16.7 Å². The maximum absolute atomic E-state index is 13.3. The van der Waals surface area contributed by atoms with Crippen LogP contribution >= 0.6 is 0 Å². The Morgan fingerprint density at radius 1 is 1.02 bits per heavy atom. The first-order valence-corrected chi connectivity index (χ1v) is 14.6. The molecule has 1 saturated carbocycles. The van der Waals surface area contributed by atoms with Gasteiger partial charge in [-0.3, -0.25) is 4.79 Å². The lowest BCUT2D eigenvalue weighted by molar-refractivity contribution is -0.202. The summed E-state index contributed by atoms with van der Waals surface area (Å²) in [5.41, 5.74) is 2.56. The third-order valence-corrected chi connectivity index (χ3v) is 10.4. The maximum Gasteiger partial charge on any atom is 0.338 e. The monoisotopic (exact) mass is 544 g/mol. The summed E-state index contributed by atoms with van der Waals surface area (Å²) in [6, 6.07) is 19.2. The van der Waals surface area contributed by atoms with Crippen LogP contribution in [0.15, 0.2) is 71.8 Å². The highest BCUT2D eigenvalue weighted by atomic mass is 16.6. The van der Waals surface area contributed by atoms with Gasteiger partial charge in [-0.05, 0) is 69.7 Å². The molecule has 2 aliphatic heterocycles. The third kappa shape index (κ3) is 4.40. The summed E-state index contributed by atoms with van der Waals surface area (Å²) in [4.78, 5) is 26.4. The number of cyclic esters (lactones) is 1. The van der Waals surface area contributed by atoms with Gasteiger partial charge in [-0.15, -0.1) is 0 Å². The maximum atomic E-state index is 13.3. The molecule has 2 saturated heterocycles. The second kappa shape index (κ2) is 10.1. The first-order chi connectivity index (χ1) is 19.1. The molecule has 0 amide bonds. The number of benzene rings is 2. The molecule has 0 unspecified atom stereocenters. The number of ether oxygens (including phenoxy) is 4. The molecular weight excluding hydrogens is 504 g/mol. The van der Waals surface area contributed by atoms with Gasteiger partial charge < -0.3 is 18.9 Å². The number of rotatable bonds is 6. The Bertz CT molecular complexity index is 1300. The van der Waals surface area contributed by atoms with Crippen molar-refractivity contribution in [2.45, 2.75) is 90.3 Å². The highest BCUT2D eigenvalue weighted by Gasteiger charge is 2.65. The minimum absolute atomic E-state index is 0.0756. The fraction of sp³-hybridized carbons (Fsp3) is 0.529. The lowest BCUT2D eigenvalue weighted by atomic mass is 9.48. The Labute approximate surface area is 237 Å². The van der Waals surface area contributed by atoms with E-state index in [1.54, 1.807) is 12.1 Å². The number of allylic oxidation sites excluding steroid dienone is 1. The van der Waals surface area contributed by atoms with Gasteiger partial charge in [0.25, 0.3) is 0 Å². The minimum atomic E-state index is -0.715. The Kier molecular flexibility index (Phi) is 6.90. The number of hydrogen-bond acceptors (Lipinski definition) is 6. The Hall–Kier alpha value is -2.96. The van der Waals surface area contributed by atoms with Crippen molar-refractivity contribution >= 4 is 11.9 Å². The van der Waals surface area contributed by atoms with Crippen LogP contribution in [0.1, 0.15) is 75.7 Å². The molecule has 4 aliphatic rings. The summed E-state index contributed by atoms with van der Waals surface area (Å²) < 4.78 is 25.2. The molecule has 2 aromatic rings. The van der Waals surface area contributed by atoms with Crippen LogP contribution in [0.3, 0.4) is 0 Å². The third-order valence-electron chi connectivity index (χ3n) is 10.4. The molecule has 0 bridgehead atoms. The van der Waals surface area contributed by atoms with Gasteiger partial charge >= 0.3 is 11.9 Å². The first-order valence-electron chi connectivity index (χ1n) is 14.6. The van der Waals surface area contributed by atoms with Crippen LogP contribution in [0.5, 0.6) is 0 Å². The van der Waals surface area contributed by atoms with Gasteiger partial charge in [-0.1, -0.05) is 61.0 Å². The van der Waals surface area contributed by atoms with Gasteiger partial charge in [0, 0.05) is 17.8 Å². The van der Waals surface area contributed by atoms with Gasteiger partial charge in [0.05, 0.1) is 35.9 Å². The highest BCUT2D eigenvalue weighted by molar-refractivity contribution is 5.89. The summed E-state index contributed by atoms with van der Waals surface area (Å²) >= 11 is 0. The molecule has 6 rings (SSSR count). The fourth-order valence-electron chi connectivity index (χ4n) is 7.74. The molecule has 0 aromatic heterocycles. The predicted octanol–water partition coefficient (Wildman–Crippen LogP) is 6.43. The zero-order valence-electron chi connectivity index (χ0n) is 24.0. The van der Waals surface area contributed by atoms with E-state index in [1.807, 2.05) is 62.4 Å². The molecule has 6 nitrogen and oxygen atoms in total. The topological polar surface area (TPSA) is 71.1 Å². The van der Waals surface area contributed by atoms with E-state index in [-0.39, 0.29) is 29.4 Å². The second-order valence-corrected chi connectivity index (χ2v) is 12.8. The number of carbonyl (C=O) groups is 2. The molecule has 3 fully saturated rings. The summed E-state index contributed by atoms with van der Waals surface area (Å²) in [6.45, 7) is 9.35. The van der Waals surface area contributed by atoms with Crippen LogP contribution in [0.4, 0.5) is 0 Å². The Balaban J connectivity index is 1.33. The van der Waals surface area contributed by atoms with E-state index in [2.05, 4.69) is 13.8 Å². The van der Waals surface area contributed by atoms with Gasteiger partial charge in [-0.2, -0.15) is 0 Å². The largest absolute Gasteiger partial charge is 0.465 e. The summed E-state index contributed by atoms with van der Waals surface area (Å²) in [6.07, 6.45) is 3.03. The fourth-order valence-corrected chi connectivity index (χ4v) is 7.74. The molecule has 6 heteroatoms. The number of fused-ring (bicyclic) bond motifs is 4. The number of hydrogen-bond donors (Lipinski definition) is 0. The van der Waals surface area contributed by atoms with Crippen LogP contribution in [-0.2, 0) is 30.3 Å². The number of esters is 2. The van der Waals surface area contributed by atoms with E-state index in [1.165, 1.54) is 11.1 Å². The van der Waals surface area contributed by atoms with Crippen molar-refractivity contribution in [1.82, 2.24) is 0 Å². The molecule has 2 heterocycles. The van der Waals surface area contributed by atoms with Crippen molar-refractivity contribution in [3.8, 4) is 0 Å². The quantitative estimate of drug-likeness (QED) is 0.308. The van der Waals surface area contributed by atoms with Crippen LogP contribution in [0.2, 0.25) is 0 Å². The van der Waals surface area contributed by atoms with E-state index < -0.39 is 23.2 Å². The lowest BCUT2D eigenvalue weighted by Gasteiger charge is -2.56. The van der Waals surface area contributed by atoms with Gasteiger partial charge in [0.15, 0.2) is 0 Å². The van der Waals surface area contributed by atoms with E-state index in [0.717, 1.165) is 31.2 Å². The van der Waals surface area contributed by atoms with Gasteiger partial charge in [0.1, 0.15) is 12.2 Å². The molecule has 2 aromatic carbocycles. The first kappa shape index (κ1) is 27.2. The van der Waals surface area contributed by atoms with E-state index in [0.29, 0.717) is 25.2 Å². The van der Waals surface area contributed by atoms with Crippen molar-refractivity contribution < 1.29 is 28.5 Å². The molecule has 6 atom stereocenters. The smallest absolute Gasteiger partial charge is 0.338 e. The molecule has 2 aliphatic carbocycles. The standard InChI is InChI=1S/C34H40O6/c1-32(2,38-20-22-11-7-5-8-12-22)29-28(40-30(35)23-13-9-6-10-14-23)19-25-26-16-15-24-21-37-31(36)34(24,4)33(26,3)18-17-27(25)39-29/h5-14,24,27-29H,15-21H2,1-4H3/t24-,27-,28+,29-,33-,34+/m0/s1. The van der Waals surface area contributed by atoms with Gasteiger partial charge in [-0.25, -0.2) is 4.79 Å². The zero-order chi connectivity index (χ0) is 28.1. The van der Waals surface area contributed by atoms with Crippen molar-refractivity contribution in [2.75, 3.05) is 6.61 Å². The van der Waals surface area contributed by atoms with E-state index >= 15 is 0 Å². The molecule has 0 radical (unpaired) electrons. The van der Waals surface area contributed by atoms with Crippen LogP contribution in [0, 0.1) is 16.7 Å². The van der Waals surface area contributed by atoms with Gasteiger partial charge in [0.2, 0.25) is 0 Å². The van der Waals surface area contributed by atoms with Crippen molar-refractivity contribution in [3.63, 3.8) is 0 Å². The Morgan fingerprint density at radius 3 is 2.45 bits per heavy atom. The number of carbonyl (C=O) groups excluding carboxylic acids is 2. The van der Waals surface area contributed by atoms with Crippen LogP contribution in [0.25, 0.3) is 0 Å². The molecular formula is C34H40O6. The normalized spacial score (nSPS) is 33.5. The second-order valence-electron chi connectivity index (χ2n) is 12.8. The van der Waals surface area contributed by atoms with E-state index in [4.69, 9.17) is 18.9 Å². The average molecular weight is 545 g/mol. The summed E-state index contributed by atoms with van der Waals surface area (Å²) in [5, 5.41) is 0. The van der Waals surface area contributed by atoms with Crippen LogP contribution in [-0.4, -0.2) is 42.5 Å². The highest BCUT2D eigenvalue weighted by Crippen LogP contribution is 2.64. The molecule has 0 spiro atoms. The van der Waals surface area contributed by atoms with Crippen LogP contribution < -0.4 is 0 Å². The minimum Gasteiger partial charge on any atom is -0.465 e. The molecule has 40 heavy (non-hydrogen) atoms. The van der Waals surface area contributed by atoms with E-state index in [9.17, 15) is 9.59 Å². The summed E-state index contributed by atoms with van der Waals surface area (Å²) in [5.74, 6) is -0.204. The van der Waals surface area contributed by atoms with Crippen molar-refractivity contribution in [3.05, 3.63) is 82.9 Å². The molecule has 212 valence electrons. The zero-order valence-corrected chi connectivity index (χ0v) is 24.0. The van der Waals surface area contributed by atoms with Crippen molar-refractivity contribution in [1.29, 1.82) is 0 Å². The SMILES string of the molecule is CC(C)(OCc1ccccc1)[C@H]1O[C@H]2CC[C@@]3(C)C(=C2C[C@H]1OC(=O)c1ccccc1)CC[C@H]1COC(=O)[C@@]13C. The predicted molar refractivity (Wildman–Crippen MR) is 150 cm³/mol. The molecule has 0 N–H and O–H groups in total.